The second kappa shape index (κ2) is 8.57. The van der Waals surface area contributed by atoms with Gasteiger partial charge < -0.3 is 0 Å². The topological polar surface area (TPSA) is 15.6 Å². The van der Waals surface area contributed by atoms with Crippen molar-refractivity contribution in [2.24, 2.45) is 5.10 Å². The van der Waals surface area contributed by atoms with Gasteiger partial charge in [-0.2, -0.15) is 5.10 Å². The molecule has 12 heavy (non-hydrogen) atoms. The Bertz CT molecular complexity index is 94.0. The Morgan fingerprint density at radius 1 is 1.08 bits per heavy atom. The second-order valence-electron chi connectivity index (χ2n) is 3.22. The molecule has 1 aliphatic heterocycles. The minimum Gasteiger partial charge on any atom is -0.298 e. The Morgan fingerprint density at radius 3 is 1.83 bits per heavy atom. The molecule has 1 aliphatic rings. The Morgan fingerprint density at radius 2 is 1.50 bits per heavy atom. The zero-order valence-corrected chi connectivity index (χ0v) is 8.55. The molecule has 0 bridgehead atoms. The lowest BCUT2D eigenvalue weighted by Gasteiger charge is -2.13. The van der Waals surface area contributed by atoms with Crippen LogP contribution < -0.4 is 0 Å². The third kappa shape index (κ3) is 6.20. The highest BCUT2D eigenvalue weighted by molar-refractivity contribution is 5.22. The molecular formula is C10H22N2. The summed E-state index contributed by atoms with van der Waals surface area (Å²) in [5.41, 5.74) is 0. The first-order valence-electron chi connectivity index (χ1n) is 5.06. The van der Waals surface area contributed by atoms with Gasteiger partial charge in [-0.3, -0.25) is 5.01 Å². The number of rotatable bonds is 1. The van der Waals surface area contributed by atoms with E-state index in [0.717, 1.165) is 13.1 Å². The summed E-state index contributed by atoms with van der Waals surface area (Å²) in [4.78, 5) is 0. The molecule has 0 radical (unpaired) electrons. The summed E-state index contributed by atoms with van der Waals surface area (Å²) >= 11 is 0. The van der Waals surface area contributed by atoms with Crippen molar-refractivity contribution in [1.82, 2.24) is 5.01 Å². The Labute approximate surface area is 76.6 Å². The third-order valence-corrected chi connectivity index (χ3v) is 1.78. The minimum absolute atomic E-state index is 1.11. The lowest BCUT2D eigenvalue weighted by Crippen LogP contribution is -2.16. The molecule has 0 aliphatic carbocycles. The van der Waals surface area contributed by atoms with Gasteiger partial charge in [-0.25, -0.2) is 0 Å². The summed E-state index contributed by atoms with van der Waals surface area (Å²) in [5.74, 6) is 0. The molecule has 0 aromatic heterocycles. The molecular weight excluding hydrogens is 148 g/mol. The molecule has 1 saturated heterocycles. The molecule has 1 heterocycles. The van der Waals surface area contributed by atoms with Crippen LogP contribution in [-0.4, -0.2) is 24.8 Å². The fourth-order valence-corrected chi connectivity index (χ4v) is 1.20. The van der Waals surface area contributed by atoms with Gasteiger partial charge in [0.15, 0.2) is 0 Å². The average Bonchev–Trinajstić information content (AvgIpc) is 2.33. The van der Waals surface area contributed by atoms with E-state index < -0.39 is 0 Å². The molecule has 0 aromatic rings. The van der Waals surface area contributed by atoms with Crippen molar-refractivity contribution in [3.63, 3.8) is 0 Å². The molecule has 0 saturated carbocycles. The van der Waals surface area contributed by atoms with Crippen LogP contribution in [0.2, 0.25) is 0 Å². The van der Waals surface area contributed by atoms with E-state index >= 15 is 0 Å². The van der Waals surface area contributed by atoms with Crippen LogP contribution in [-0.2, 0) is 0 Å². The van der Waals surface area contributed by atoms with E-state index in [9.17, 15) is 0 Å². The van der Waals surface area contributed by atoms with Crippen LogP contribution in [0.3, 0.4) is 0 Å². The summed E-state index contributed by atoms with van der Waals surface area (Å²) in [6.45, 7) is 9.98. The molecule has 0 amide bonds. The van der Waals surface area contributed by atoms with Crippen molar-refractivity contribution < 1.29 is 0 Å². The summed E-state index contributed by atoms with van der Waals surface area (Å²) in [5, 5.41) is 5.95. The standard InChI is InChI=1S/C7H14N2.C3H8/c1-8-9-6-4-2-3-5-7-9;1-3-2/h1-7H2;3H2,1-2H3. The predicted molar refractivity (Wildman–Crippen MR) is 55.6 cm³/mol. The quantitative estimate of drug-likeness (QED) is 0.552. The molecule has 1 fully saturated rings. The number of hydrazone groups is 1. The number of hydrogen-bond donors (Lipinski definition) is 0. The first-order valence-corrected chi connectivity index (χ1v) is 5.06. The molecule has 0 unspecified atom stereocenters. The first-order chi connectivity index (χ1) is 5.85. The van der Waals surface area contributed by atoms with Gasteiger partial charge in [0, 0.05) is 19.8 Å². The van der Waals surface area contributed by atoms with Crippen molar-refractivity contribution >= 4 is 6.72 Å². The van der Waals surface area contributed by atoms with Gasteiger partial charge in [0.2, 0.25) is 0 Å². The second-order valence-corrected chi connectivity index (χ2v) is 3.22. The SMILES string of the molecule is C=NN1CCCCCC1.CCC. The largest absolute Gasteiger partial charge is 0.298 e. The Hall–Kier alpha value is -0.530. The maximum Gasteiger partial charge on any atom is 0.0360 e. The zero-order valence-electron chi connectivity index (χ0n) is 8.55. The predicted octanol–water partition coefficient (Wildman–Crippen LogP) is 2.89. The maximum absolute atomic E-state index is 3.89. The van der Waals surface area contributed by atoms with Gasteiger partial charge in [-0.15, -0.1) is 0 Å². The van der Waals surface area contributed by atoms with Gasteiger partial charge in [-0.05, 0) is 12.8 Å². The highest BCUT2D eigenvalue weighted by Gasteiger charge is 2.03. The fourth-order valence-electron chi connectivity index (χ4n) is 1.20. The molecule has 1 rings (SSSR count). The Kier molecular flexibility index (Phi) is 8.19. The highest BCUT2D eigenvalue weighted by Crippen LogP contribution is 2.08. The minimum atomic E-state index is 1.11. The summed E-state index contributed by atoms with van der Waals surface area (Å²) < 4.78 is 0. The van der Waals surface area contributed by atoms with Crippen molar-refractivity contribution in [2.75, 3.05) is 13.1 Å². The zero-order chi connectivity index (χ0) is 9.23. The smallest absolute Gasteiger partial charge is 0.0360 e. The summed E-state index contributed by atoms with van der Waals surface area (Å²) in [7, 11) is 0. The van der Waals surface area contributed by atoms with Crippen LogP contribution in [0.4, 0.5) is 0 Å². The monoisotopic (exact) mass is 170 g/mol. The molecule has 2 nitrogen and oxygen atoms in total. The third-order valence-electron chi connectivity index (χ3n) is 1.78. The van der Waals surface area contributed by atoms with Crippen molar-refractivity contribution in [1.29, 1.82) is 0 Å². The van der Waals surface area contributed by atoms with E-state index in [4.69, 9.17) is 0 Å². The number of hydrogen-bond acceptors (Lipinski definition) is 2. The van der Waals surface area contributed by atoms with Gasteiger partial charge in [0.05, 0.1) is 0 Å². The van der Waals surface area contributed by atoms with Gasteiger partial charge >= 0.3 is 0 Å². The lowest BCUT2D eigenvalue weighted by atomic mass is 10.2. The van der Waals surface area contributed by atoms with E-state index in [-0.39, 0.29) is 0 Å². The van der Waals surface area contributed by atoms with Gasteiger partial charge in [0.25, 0.3) is 0 Å². The van der Waals surface area contributed by atoms with Gasteiger partial charge in [0.1, 0.15) is 0 Å². The van der Waals surface area contributed by atoms with Crippen LogP contribution in [0.1, 0.15) is 46.0 Å². The van der Waals surface area contributed by atoms with Crippen molar-refractivity contribution in [2.45, 2.75) is 46.0 Å². The molecule has 0 spiro atoms. The lowest BCUT2D eigenvalue weighted by molar-refractivity contribution is 0.303. The first kappa shape index (κ1) is 11.5. The van der Waals surface area contributed by atoms with E-state index in [1.165, 1.54) is 32.1 Å². The van der Waals surface area contributed by atoms with Crippen molar-refractivity contribution in [3.05, 3.63) is 0 Å². The molecule has 72 valence electrons. The molecule has 0 N–H and O–H groups in total. The van der Waals surface area contributed by atoms with E-state index in [0.29, 0.717) is 0 Å². The van der Waals surface area contributed by atoms with Crippen LogP contribution in [0.15, 0.2) is 5.10 Å². The summed E-state index contributed by atoms with van der Waals surface area (Å²) in [6.07, 6.45) is 6.57. The van der Waals surface area contributed by atoms with Crippen LogP contribution in [0.25, 0.3) is 0 Å². The van der Waals surface area contributed by atoms with E-state index in [1.54, 1.807) is 0 Å². The van der Waals surface area contributed by atoms with Crippen LogP contribution in [0.5, 0.6) is 0 Å². The maximum atomic E-state index is 3.89. The molecule has 0 atom stereocenters. The van der Waals surface area contributed by atoms with Crippen molar-refractivity contribution in [3.8, 4) is 0 Å². The highest BCUT2D eigenvalue weighted by atomic mass is 15.4. The average molecular weight is 170 g/mol. The fraction of sp³-hybridized carbons (Fsp3) is 0.900. The summed E-state index contributed by atoms with van der Waals surface area (Å²) in [6, 6.07) is 0. The molecule has 0 aromatic carbocycles. The number of nitrogens with zero attached hydrogens (tertiary/aromatic N) is 2. The normalized spacial score (nSPS) is 17.3. The Balaban J connectivity index is 0.000000354. The van der Waals surface area contributed by atoms with E-state index in [1.807, 2.05) is 0 Å². The van der Waals surface area contributed by atoms with Crippen LogP contribution >= 0.6 is 0 Å². The molecule has 2 heteroatoms. The van der Waals surface area contributed by atoms with Crippen LogP contribution in [0, 0.1) is 0 Å². The van der Waals surface area contributed by atoms with Gasteiger partial charge in [-0.1, -0.05) is 33.1 Å². The van der Waals surface area contributed by atoms with E-state index in [2.05, 4.69) is 30.7 Å².